The van der Waals surface area contributed by atoms with Gasteiger partial charge in [-0.2, -0.15) is 0 Å². The molecule has 3 heteroatoms. The summed E-state index contributed by atoms with van der Waals surface area (Å²) in [5, 5.41) is 12.3. The summed E-state index contributed by atoms with van der Waals surface area (Å²) in [6, 6.07) is 0. The lowest BCUT2D eigenvalue weighted by atomic mass is 9.79. The van der Waals surface area contributed by atoms with Crippen LogP contribution in [0.1, 0.15) is 40.0 Å². The highest BCUT2D eigenvalue weighted by molar-refractivity contribution is 5.79. The van der Waals surface area contributed by atoms with E-state index in [0.29, 0.717) is 6.42 Å². The predicted octanol–water partition coefficient (Wildman–Crippen LogP) is 1.63. The van der Waals surface area contributed by atoms with Gasteiger partial charge in [0.1, 0.15) is 5.54 Å². The minimum Gasteiger partial charge on any atom is -0.480 e. The third-order valence-corrected chi connectivity index (χ3v) is 2.49. The van der Waals surface area contributed by atoms with Crippen LogP contribution in [-0.4, -0.2) is 23.2 Å². The quantitative estimate of drug-likeness (QED) is 0.687. The fraction of sp³-hybridized carbons (Fsp3) is 0.900. The molecule has 0 saturated carbocycles. The van der Waals surface area contributed by atoms with E-state index >= 15 is 0 Å². The second-order valence-electron chi connectivity index (χ2n) is 5.16. The lowest BCUT2D eigenvalue weighted by molar-refractivity contribution is -0.145. The van der Waals surface area contributed by atoms with Gasteiger partial charge in [-0.3, -0.25) is 4.79 Å². The van der Waals surface area contributed by atoms with Crippen molar-refractivity contribution in [2.24, 2.45) is 5.41 Å². The molecule has 0 spiro atoms. The maximum atomic E-state index is 11.1. The molecule has 1 unspecified atom stereocenters. The summed E-state index contributed by atoms with van der Waals surface area (Å²) in [4.78, 5) is 11.1. The van der Waals surface area contributed by atoms with Crippen LogP contribution < -0.4 is 5.32 Å². The predicted molar refractivity (Wildman–Crippen MR) is 51.7 cm³/mol. The number of aliphatic carboxylic acids is 1. The highest BCUT2D eigenvalue weighted by Gasteiger charge is 2.43. The molecule has 1 heterocycles. The molecule has 1 fully saturated rings. The van der Waals surface area contributed by atoms with Gasteiger partial charge in [0.2, 0.25) is 0 Å². The van der Waals surface area contributed by atoms with Gasteiger partial charge in [0.15, 0.2) is 0 Å². The molecule has 1 aliphatic heterocycles. The second kappa shape index (κ2) is 3.29. The monoisotopic (exact) mass is 185 g/mol. The van der Waals surface area contributed by atoms with E-state index in [9.17, 15) is 4.79 Å². The molecule has 76 valence electrons. The molecule has 2 N–H and O–H groups in total. The SMILES string of the molecule is CC(C)(C)CC1(C(=O)O)CCCN1. The summed E-state index contributed by atoms with van der Waals surface area (Å²) in [6.45, 7) is 7.08. The minimum absolute atomic E-state index is 0.0652. The van der Waals surface area contributed by atoms with Crippen LogP contribution in [0.4, 0.5) is 0 Å². The first kappa shape index (κ1) is 10.5. The molecular formula is C10H19NO2. The van der Waals surface area contributed by atoms with Gasteiger partial charge in [0.05, 0.1) is 0 Å². The van der Waals surface area contributed by atoms with E-state index in [2.05, 4.69) is 26.1 Å². The molecule has 3 nitrogen and oxygen atoms in total. The number of rotatable bonds is 2. The van der Waals surface area contributed by atoms with Crippen molar-refractivity contribution in [3.63, 3.8) is 0 Å². The zero-order chi connectivity index (χ0) is 10.1. The van der Waals surface area contributed by atoms with E-state index in [4.69, 9.17) is 5.11 Å². The molecule has 0 bridgehead atoms. The maximum absolute atomic E-state index is 11.1. The Hall–Kier alpha value is -0.570. The van der Waals surface area contributed by atoms with Crippen molar-refractivity contribution < 1.29 is 9.90 Å². The third kappa shape index (κ3) is 2.44. The smallest absolute Gasteiger partial charge is 0.323 e. The largest absolute Gasteiger partial charge is 0.480 e. The van der Waals surface area contributed by atoms with Crippen molar-refractivity contribution in [1.82, 2.24) is 5.32 Å². The normalized spacial score (nSPS) is 29.2. The maximum Gasteiger partial charge on any atom is 0.323 e. The topological polar surface area (TPSA) is 49.3 Å². The van der Waals surface area contributed by atoms with Crippen molar-refractivity contribution in [3.05, 3.63) is 0 Å². The van der Waals surface area contributed by atoms with Crippen molar-refractivity contribution in [2.45, 2.75) is 45.6 Å². The van der Waals surface area contributed by atoms with Crippen LogP contribution in [0.2, 0.25) is 0 Å². The van der Waals surface area contributed by atoms with Crippen molar-refractivity contribution in [1.29, 1.82) is 0 Å². The summed E-state index contributed by atoms with van der Waals surface area (Å²) in [6.07, 6.45) is 2.44. The Morgan fingerprint density at radius 2 is 2.15 bits per heavy atom. The number of carboxylic acids is 1. The van der Waals surface area contributed by atoms with Gasteiger partial charge >= 0.3 is 5.97 Å². The summed E-state index contributed by atoms with van der Waals surface area (Å²) in [7, 11) is 0. The van der Waals surface area contributed by atoms with E-state index in [1.54, 1.807) is 0 Å². The molecule has 1 aliphatic rings. The van der Waals surface area contributed by atoms with Gasteiger partial charge in [0.25, 0.3) is 0 Å². The van der Waals surface area contributed by atoms with Crippen LogP contribution in [0.25, 0.3) is 0 Å². The Morgan fingerprint density at radius 3 is 2.46 bits per heavy atom. The fourth-order valence-corrected chi connectivity index (χ4v) is 2.12. The van der Waals surface area contributed by atoms with E-state index in [1.807, 2.05) is 0 Å². The highest BCUT2D eigenvalue weighted by Crippen LogP contribution is 2.33. The Balaban J connectivity index is 2.74. The van der Waals surface area contributed by atoms with E-state index in [0.717, 1.165) is 19.4 Å². The molecule has 1 rings (SSSR count). The second-order valence-corrected chi connectivity index (χ2v) is 5.16. The highest BCUT2D eigenvalue weighted by atomic mass is 16.4. The average molecular weight is 185 g/mol. The van der Waals surface area contributed by atoms with Crippen LogP contribution in [0.15, 0.2) is 0 Å². The fourth-order valence-electron chi connectivity index (χ4n) is 2.12. The summed E-state index contributed by atoms with van der Waals surface area (Å²) in [5.41, 5.74) is -0.589. The molecular weight excluding hydrogens is 166 g/mol. The number of hydrogen-bond donors (Lipinski definition) is 2. The molecule has 0 amide bonds. The van der Waals surface area contributed by atoms with E-state index < -0.39 is 11.5 Å². The van der Waals surface area contributed by atoms with Crippen LogP contribution in [0.5, 0.6) is 0 Å². The van der Waals surface area contributed by atoms with Crippen LogP contribution >= 0.6 is 0 Å². The summed E-state index contributed by atoms with van der Waals surface area (Å²) >= 11 is 0. The molecule has 1 saturated heterocycles. The van der Waals surface area contributed by atoms with Crippen LogP contribution in [-0.2, 0) is 4.79 Å². The minimum atomic E-state index is -0.695. The van der Waals surface area contributed by atoms with Crippen molar-refractivity contribution >= 4 is 5.97 Å². The molecule has 0 radical (unpaired) electrons. The molecule has 13 heavy (non-hydrogen) atoms. The van der Waals surface area contributed by atoms with Crippen molar-refractivity contribution in [3.8, 4) is 0 Å². The van der Waals surface area contributed by atoms with Gasteiger partial charge in [-0.1, -0.05) is 20.8 Å². The first-order chi connectivity index (χ1) is 5.86. The summed E-state index contributed by atoms with van der Waals surface area (Å²) < 4.78 is 0. The zero-order valence-electron chi connectivity index (χ0n) is 8.68. The van der Waals surface area contributed by atoms with Crippen LogP contribution in [0.3, 0.4) is 0 Å². The summed E-state index contributed by atoms with van der Waals surface area (Å²) in [5.74, 6) is -0.695. The zero-order valence-corrected chi connectivity index (χ0v) is 8.68. The van der Waals surface area contributed by atoms with Gasteiger partial charge in [-0.25, -0.2) is 0 Å². The number of hydrogen-bond acceptors (Lipinski definition) is 2. The molecule has 0 aromatic heterocycles. The lowest BCUT2D eigenvalue weighted by Gasteiger charge is -2.31. The molecule has 0 aliphatic carbocycles. The lowest BCUT2D eigenvalue weighted by Crippen LogP contribution is -2.49. The first-order valence-corrected chi connectivity index (χ1v) is 4.84. The average Bonchev–Trinajstić information content (AvgIpc) is 2.33. The molecule has 0 aromatic rings. The third-order valence-electron chi connectivity index (χ3n) is 2.49. The van der Waals surface area contributed by atoms with Crippen molar-refractivity contribution in [2.75, 3.05) is 6.54 Å². The number of carbonyl (C=O) groups is 1. The molecule has 0 aromatic carbocycles. The Kier molecular flexibility index (Phi) is 2.66. The van der Waals surface area contributed by atoms with E-state index in [1.165, 1.54) is 0 Å². The Labute approximate surface area is 79.5 Å². The Morgan fingerprint density at radius 1 is 1.54 bits per heavy atom. The number of nitrogens with one attached hydrogen (secondary N) is 1. The Bertz CT molecular complexity index is 199. The van der Waals surface area contributed by atoms with Crippen LogP contribution in [0, 0.1) is 5.41 Å². The standard InChI is InChI=1S/C10H19NO2/c1-9(2,3)7-10(8(12)13)5-4-6-11-10/h11H,4-7H2,1-3H3,(H,12,13). The van der Waals surface area contributed by atoms with Gasteiger partial charge in [-0.15, -0.1) is 0 Å². The van der Waals surface area contributed by atoms with Gasteiger partial charge < -0.3 is 10.4 Å². The van der Waals surface area contributed by atoms with Gasteiger partial charge in [0, 0.05) is 0 Å². The first-order valence-electron chi connectivity index (χ1n) is 4.84. The number of carboxylic acid groups (broad SMARTS) is 1. The molecule has 1 atom stereocenters. The van der Waals surface area contributed by atoms with Gasteiger partial charge in [-0.05, 0) is 31.2 Å². The van der Waals surface area contributed by atoms with E-state index in [-0.39, 0.29) is 5.41 Å².